The van der Waals surface area contributed by atoms with E-state index in [-0.39, 0.29) is 37.1 Å². The van der Waals surface area contributed by atoms with Crippen LogP contribution in [0.3, 0.4) is 0 Å². The number of nitrogens with one attached hydrogen (secondary N) is 3. The zero-order valence-electron chi connectivity index (χ0n) is 24.4. The largest absolute Gasteiger partial charge is 0.465 e. The van der Waals surface area contributed by atoms with Crippen LogP contribution in [0.4, 0.5) is 16.2 Å². The van der Waals surface area contributed by atoms with Gasteiger partial charge >= 0.3 is 6.09 Å². The molecule has 2 aliphatic rings. The molecule has 0 bridgehead atoms. The van der Waals surface area contributed by atoms with Crippen LogP contribution in [0, 0.1) is 5.92 Å². The quantitative estimate of drug-likeness (QED) is 0.312. The van der Waals surface area contributed by atoms with Gasteiger partial charge in [0.1, 0.15) is 17.6 Å². The number of thiophene rings is 1. The van der Waals surface area contributed by atoms with E-state index < -0.39 is 35.5 Å². The third kappa shape index (κ3) is 6.75. The van der Waals surface area contributed by atoms with E-state index in [4.69, 9.17) is 0 Å². The maximum Gasteiger partial charge on any atom is 0.405 e. The van der Waals surface area contributed by atoms with Gasteiger partial charge in [-0.2, -0.15) is 11.3 Å². The molecule has 4 N–H and O–H groups in total. The summed E-state index contributed by atoms with van der Waals surface area (Å²) in [5.74, 6) is -1.39. The Balaban J connectivity index is 1.62. The summed E-state index contributed by atoms with van der Waals surface area (Å²) in [5.41, 5.74) is 1.71. The minimum absolute atomic E-state index is 0.0190. The number of para-hydroxylation sites is 1. The molecule has 1 fully saturated rings. The number of fused-ring (bicyclic) bond motifs is 1. The summed E-state index contributed by atoms with van der Waals surface area (Å²) in [7, 11) is 0. The van der Waals surface area contributed by atoms with Crippen LogP contribution in [0.25, 0.3) is 0 Å². The van der Waals surface area contributed by atoms with Crippen molar-refractivity contribution in [2.45, 2.75) is 84.0 Å². The van der Waals surface area contributed by atoms with Crippen LogP contribution in [0.15, 0.2) is 35.0 Å². The lowest BCUT2D eigenvalue weighted by Crippen LogP contribution is -2.62. The van der Waals surface area contributed by atoms with Gasteiger partial charge in [0.15, 0.2) is 0 Å². The average Bonchev–Trinajstić information content (AvgIpc) is 3.61. The Bertz CT molecular complexity index is 1350. The highest BCUT2D eigenvalue weighted by atomic mass is 32.1. The smallest absolute Gasteiger partial charge is 0.405 e. The summed E-state index contributed by atoms with van der Waals surface area (Å²) >= 11 is 1.52. The van der Waals surface area contributed by atoms with Crippen molar-refractivity contribution in [3.8, 4) is 0 Å². The standard InChI is InChI=1S/C30H39N5O6S/c1-5-30(4,33-29(40)41)28(39)32-21(14-18(2)3)26(37)31-22-15-20-8-6-9-23(34-12-7-10-24(34)36)25(20)35(27(22)38)16-19-11-13-42-17-19/h6,8-9,11,13,17-18,21-22,33H,5,7,10,12,14-16H2,1-4H3,(H,31,37)(H,32,39)(H,40,41)/t21-,22?,30-/m1/s1. The molecule has 3 heterocycles. The van der Waals surface area contributed by atoms with Crippen LogP contribution in [-0.4, -0.2) is 59.0 Å². The summed E-state index contributed by atoms with van der Waals surface area (Å²) in [5, 5.41) is 21.0. The first-order valence-electron chi connectivity index (χ1n) is 14.3. The molecule has 1 aromatic heterocycles. The first-order chi connectivity index (χ1) is 19.9. The maximum absolute atomic E-state index is 14.0. The number of nitrogens with zero attached hydrogens (tertiary/aromatic N) is 2. The topological polar surface area (TPSA) is 148 Å². The molecule has 0 saturated carbocycles. The highest BCUT2D eigenvalue weighted by Crippen LogP contribution is 2.40. The van der Waals surface area contributed by atoms with Gasteiger partial charge in [-0.3, -0.25) is 19.2 Å². The van der Waals surface area contributed by atoms with Crippen LogP contribution in [0.5, 0.6) is 0 Å². The lowest BCUT2D eigenvalue weighted by molar-refractivity contribution is -0.134. The molecule has 1 aromatic carbocycles. The summed E-state index contributed by atoms with van der Waals surface area (Å²) < 4.78 is 0. The number of carboxylic acid groups (broad SMARTS) is 1. The van der Waals surface area contributed by atoms with Crippen molar-refractivity contribution >= 4 is 52.4 Å². The van der Waals surface area contributed by atoms with E-state index >= 15 is 0 Å². The van der Waals surface area contributed by atoms with Crippen molar-refractivity contribution in [1.29, 1.82) is 0 Å². The van der Waals surface area contributed by atoms with Gasteiger partial charge in [0.05, 0.1) is 17.9 Å². The van der Waals surface area contributed by atoms with Gasteiger partial charge in [-0.1, -0.05) is 32.9 Å². The predicted octanol–water partition coefficient (Wildman–Crippen LogP) is 3.42. The molecule has 0 aliphatic carbocycles. The summed E-state index contributed by atoms with van der Waals surface area (Å²) in [4.78, 5) is 68.2. The van der Waals surface area contributed by atoms with E-state index in [1.54, 1.807) is 16.7 Å². The number of anilines is 2. The Morgan fingerprint density at radius 1 is 1.19 bits per heavy atom. The molecular weight excluding hydrogens is 558 g/mol. The molecular formula is C30H39N5O6S. The van der Waals surface area contributed by atoms with E-state index in [0.717, 1.165) is 17.5 Å². The zero-order chi connectivity index (χ0) is 30.6. The first kappa shape index (κ1) is 31.0. The first-order valence-corrected chi connectivity index (χ1v) is 15.2. The molecule has 0 spiro atoms. The molecule has 1 unspecified atom stereocenters. The van der Waals surface area contributed by atoms with Gasteiger partial charge in [-0.05, 0) is 66.1 Å². The Labute approximate surface area is 249 Å². The van der Waals surface area contributed by atoms with Crippen molar-refractivity contribution in [3.63, 3.8) is 0 Å². The van der Waals surface area contributed by atoms with E-state index in [1.807, 2.05) is 48.9 Å². The van der Waals surface area contributed by atoms with E-state index in [9.17, 15) is 29.1 Å². The third-order valence-corrected chi connectivity index (χ3v) is 8.61. The fourth-order valence-corrected chi connectivity index (χ4v) is 6.11. The van der Waals surface area contributed by atoms with Gasteiger partial charge in [0.25, 0.3) is 0 Å². The molecule has 12 heteroatoms. The Hall–Kier alpha value is -3.93. The predicted molar refractivity (Wildman–Crippen MR) is 160 cm³/mol. The highest BCUT2D eigenvalue weighted by Gasteiger charge is 2.40. The number of amides is 5. The number of carbonyl (C=O) groups is 5. The van der Waals surface area contributed by atoms with Gasteiger partial charge in [-0.15, -0.1) is 0 Å². The van der Waals surface area contributed by atoms with Gasteiger partial charge in [0.2, 0.25) is 23.6 Å². The molecule has 42 heavy (non-hydrogen) atoms. The van der Waals surface area contributed by atoms with Crippen LogP contribution in [0.1, 0.15) is 64.5 Å². The summed E-state index contributed by atoms with van der Waals surface area (Å²) in [6.07, 6.45) is 0.572. The SMILES string of the molecule is CC[C@@](C)(NC(=O)O)C(=O)N[C@H](CC(C)C)C(=O)NC1Cc2cccc(N3CCCC3=O)c2N(Cc2ccsc2)C1=O. The van der Waals surface area contributed by atoms with Crippen LogP contribution in [0.2, 0.25) is 0 Å². The lowest BCUT2D eigenvalue weighted by atomic mass is 9.93. The summed E-state index contributed by atoms with van der Waals surface area (Å²) in [6, 6.07) is 5.69. The molecule has 11 nitrogen and oxygen atoms in total. The monoisotopic (exact) mass is 597 g/mol. The highest BCUT2D eigenvalue weighted by molar-refractivity contribution is 7.07. The Morgan fingerprint density at radius 2 is 1.95 bits per heavy atom. The fourth-order valence-electron chi connectivity index (χ4n) is 5.45. The number of hydrogen-bond donors (Lipinski definition) is 4. The molecule has 4 rings (SSSR count). The number of carbonyl (C=O) groups excluding carboxylic acids is 4. The summed E-state index contributed by atoms with van der Waals surface area (Å²) in [6.45, 7) is 7.83. The molecule has 2 aromatic rings. The van der Waals surface area contributed by atoms with Crippen molar-refractivity contribution in [3.05, 3.63) is 46.2 Å². The third-order valence-electron chi connectivity index (χ3n) is 7.88. The van der Waals surface area contributed by atoms with Crippen LogP contribution in [-0.2, 0) is 32.1 Å². The molecule has 5 amide bonds. The Kier molecular flexibility index (Phi) is 9.55. The lowest BCUT2D eigenvalue weighted by Gasteiger charge is -2.38. The number of benzene rings is 1. The van der Waals surface area contributed by atoms with Gasteiger partial charge < -0.3 is 30.9 Å². The Morgan fingerprint density at radius 3 is 2.55 bits per heavy atom. The number of rotatable bonds is 11. The van der Waals surface area contributed by atoms with Crippen molar-refractivity contribution in [2.75, 3.05) is 16.3 Å². The minimum atomic E-state index is -1.43. The normalized spacial score (nSPS) is 18.8. The van der Waals surface area contributed by atoms with Crippen molar-refractivity contribution in [2.24, 2.45) is 5.92 Å². The van der Waals surface area contributed by atoms with Gasteiger partial charge in [0, 0.05) is 19.4 Å². The maximum atomic E-state index is 14.0. The van der Waals surface area contributed by atoms with E-state index in [2.05, 4.69) is 16.0 Å². The van der Waals surface area contributed by atoms with E-state index in [0.29, 0.717) is 30.8 Å². The minimum Gasteiger partial charge on any atom is -0.465 e. The molecule has 1 saturated heterocycles. The van der Waals surface area contributed by atoms with Crippen molar-refractivity contribution < 1.29 is 29.1 Å². The average molecular weight is 598 g/mol. The second kappa shape index (κ2) is 12.9. The van der Waals surface area contributed by atoms with Gasteiger partial charge in [-0.25, -0.2) is 4.79 Å². The second-order valence-electron chi connectivity index (χ2n) is 11.5. The molecule has 0 radical (unpaired) electrons. The molecule has 226 valence electrons. The number of hydrogen-bond acceptors (Lipinski definition) is 6. The zero-order valence-corrected chi connectivity index (χ0v) is 25.3. The molecule has 3 atom stereocenters. The molecule has 2 aliphatic heterocycles. The van der Waals surface area contributed by atoms with Crippen LogP contribution < -0.4 is 25.8 Å². The fraction of sp³-hybridized carbons (Fsp3) is 0.500. The van der Waals surface area contributed by atoms with E-state index in [1.165, 1.54) is 18.3 Å². The van der Waals surface area contributed by atoms with Crippen LogP contribution >= 0.6 is 11.3 Å². The second-order valence-corrected chi connectivity index (χ2v) is 12.3. The van der Waals surface area contributed by atoms with Crippen molar-refractivity contribution in [1.82, 2.24) is 16.0 Å².